The standard InChI is InChI=1S/C66H44N6/c1-42-17-9-11-23-50(42)47-30-35-61-57(38-47)52-25-13-15-27-59(52)71(61)49-32-33-54(66-69-64(45-19-5-3-6-20-45)68-65(70-66)46-21-7-4-8-22-46)55(40-49)56-37-44(41-67)29-34-62(56)72-60-28-16-14-26-53(60)58-39-48(31-36-63(58)72)51-24-12-10-18-43(51)2/h3-40H,1-2H3. The second kappa shape index (κ2) is 17.4. The van der Waals surface area contributed by atoms with Crippen molar-refractivity contribution in [2.24, 2.45) is 0 Å². The molecule has 3 aromatic heterocycles. The van der Waals surface area contributed by atoms with Crippen molar-refractivity contribution in [2.45, 2.75) is 13.8 Å². The number of benzene rings is 10. The van der Waals surface area contributed by atoms with Gasteiger partial charge in [-0.15, -0.1) is 0 Å². The summed E-state index contributed by atoms with van der Waals surface area (Å²) in [5, 5.41) is 15.3. The lowest BCUT2D eigenvalue weighted by Crippen LogP contribution is -2.04. The van der Waals surface area contributed by atoms with Crippen LogP contribution in [0.25, 0.3) is 123 Å². The maximum absolute atomic E-state index is 10.7. The Labute approximate surface area is 417 Å². The molecular formula is C66H44N6. The van der Waals surface area contributed by atoms with Crippen LogP contribution in [0.4, 0.5) is 0 Å². The summed E-state index contributed by atoms with van der Waals surface area (Å²) in [5.74, 6) is 1.66. The van der Waals surface area contributed by atoms with Gasteiger partial charge in [-0.25, -0.2) is 15.0 Å². The first-order valence-electron chi connectivity index (χ1n) is 24.2. The Balaban J connectivity index is 1.11. The minimum Gasteiger partial charge on any atom is -0.309 e. The molecule has 0 spiro atoms. The molecule has 0 aliphatic heterocycles. The van der Waals surface area contributed by atoms with Crippen molar-refractivity contribution in [2.75, 3.05) is 0 Å². The molecule has 6 nitrogen and oxygen atoms in total. The van der Waals surface area contributed by atoms with Crippen LogP contribution in [0.2, 0.25) is 0 Å². The molecule has 0 radical (unpaired) electrons. The number of fused-ring (bicyclic) bond motifs is 6. The van der Waals surface area contributed by atoms with Crippen molar-refractivity contribution in [3.63, 3.8) is 0 Å². The Kier molecular flexibility index (Phi) is 10.2. The van der Waals surface area contributed by atoms with Gasteiger partial charge in [0.15, 0.2) is 17.5 Å². The molecule has 0 saturated heterocycles. The van der Waals surface area contributed by atoms with Crippen molar-refractivity contribution in [1.82, 2.24) is 24.1 Å². The number of para-hydroxylation sites is 2. The highest BCUT2D eigenvalue weighted by Crippen LogP contribution is 2.44. The summed E-state index contributed by atoms with van der Waals surface area (Å²) in [6, 6.07) is 83.2. The fraction of sp³-hybridized carbons (Fsp3) is 0.0303. The predicted molar refractivity (Wildman–Crippen MR) is 295 cm³/mol. The lowest BCUT2D eigenvalue weighted by Gasteiger charge is -2.19. The second-order valence-corrected chi connectivity index (χ2v) is 18.4. The molecule has 338 valence electrons. The first-order valence-corrected chi connectivity index (χ1v) is 24.2. The summed E-state index contributed by atoms with van der Waals surface area (Å²) in [5.41, 5.74) is 18.2. The van der Waals surface area contributed by atoms with Gasteiger partial charge in [0, 0.05) is 49.5 Å². The number of nitriles is 1. The van der Waals surface area contributed by atoms with Gasteiger partial charge in [-0.2, -0.15) is 5.26 Å². The normalized spacial score (nSPS) is 11.5. The van der Waals surface area contributed by atoms with Crippen molar-refractivity contribution >= 4 is 43.6 Å². The van der Waals surface area contributed by atoms with Crippen LogP contribution < -0.4 is 0 Å². The molecule has 0 bridgehead atoms. The van der Waals surface area contributed by atoms with Crippen molar-refractivity contribution in [1.29, 1.82) is 5.26 Å². The van der Waals surface area contributed by atoms with E-state index in [-0.39, 0.29) is 0 Å². The van der Waals surface area contributed by atoms with Gasteiger partial charge < -0.3 is 9.13 Å². The molecule has 0 fully saturated rings. The van der Waals surface area contributed by atoms with Crippen LogP contribution in [-0.2, 0) is 0 Å². The van der Waals surface area contributed by atoms with E-state index < -0.39 is 0 Å². The van der Waals surface area contributed by atoms with Crippen LogP contribution in [0.1, 0.15) is 16.7 Å². The maximum atomic E-state index is 10.7. The number of nitrogens with zero attached hydrogens (tertiary/aromatic N) is 6. The number of hydrogen-bond donors (Lipinski definition) is 0. The van der Waals surface area contributed by atoms with Gasteiger partial charge in [0.1, 0.15) is 0 Å². The summed E-state index contributed by atoms with van der Waals surface area (Å²) in [7, 11) is 0. The predicted octanol–water partition coefficient (Wildman–Crippen LogP) is 16.6. The Morgan fingerprint density at radius 1 is 0.333 bits per heavy atom. The molecule has 0 N–H and O–H groups in total. The summed E-state index contributed by atoms with van der Waals surface area (Å²) in [6.07, 6.45) is 0. The smallest absolute Gasteiger partial charge is 0.164 e. The van der Waals surface area contributed by atoms with Crippen LogP contribution in [0.15, 0.2) is 231 Å². The summed E-state index contributed by atoms with van der Waals surface area (Å²) >= 11 is 0. The van der Waals surface area contributed by atoms with E-state index in [1.807, 2.05) is 72.8 Å². The lowest BCUT2D eigenvalue weighted by molar-refractivity contribution is 1.07. The third-order valence-electron chi connectivity index (χ3n) is 14.1. The third-order valence-corrected chi connectivity index (χ3v) is 14.1. The van der Waals surface area contributed by atoms with Gasteiger partial charge in [0.05, 0.1) is 39.4 Å². The van der Waals surface area contributed by atoms with Crippen LogP contribution in [0.3, 0.4) is 0 Å². The first-order chi connectivity index (χ1) is 35.5. The Hall–Kier alpha value is -9.70. The Bertz CT molecular complexity index is 4250. The minimum atomic E-state index is 0.521. The number of hydrogen-bond acceptors (Lipinski definition) is 4. The van der Waals surface area contributed by atoms with Crippen LogP contribution >= 0.6 is 0 Å². The summed E-state index contributed by atoms with van der Waals surface area (Å²) in [4.78, 5) is 15.7. The zero-order chi connectivity index (χ0) is 48.3. The van der Waals surface area contributed by atoms with Crippen molar-refractivity contribution < 1.29 is 0 Å². The average Bonchev–Trinajstić information content (AvgIpc) is 3.95. The van der Waals surface area contributed by atoms with Gasteiger partial charge in [0.25, 0.3) is 0 Å². The average molecular weight is 921 g/mol. The van der Waals surface area contributed by atoms with E-state index in [0.717, 1.165) is 88.4 Å². The van der Waals surface area contributed by atoms with Crippen molar-refractivity contribution in [3.05, 3.63) is 247 Å². The highest BCUT2D eigenvalue weighted by Gasteiger charge is 2.24. The quantitative estimate of drug-likeness (QED) is 0.152. The molecule has 0 atom stereocenters. The molecule has 3 heterocycles. The molecule has 13 rings (SSSR count). The van der Waals surface area contributed by atoms with Gasteiger partial charge in [-0.1, -0.05) is 158 Å². The fourth-order valence-corrected chi connectivity index (χ4v) is 10.6. The SMILES string of the molecule is Cc1ccccc1-c1ccc2c(c1)c1ccccc1n2-c1ccc(-c2nc(-c3ccccc3)nc(-c3ccccc3)n2)c(-c2cc(C#N)ccc2-n2c3ccccc3c3cc(-c4ccccc4C)ccc32)c1. The van der Waals surface area contributed by atoms with E-state index in [9.17, 15) is 5.26 Å². The highest BCUT2D eigenvalue weighted by atomic mass is 15.0. The van der Waals surface area contributed by atoms with Gasteiger partial charge >= 0.3 is 0 Å². The molecule has 72 heavy (non-hydrogen) atoms. The maximum Gasteiger partial charge on any atom is 0.164 e. The largest absolute Gasteiger partial charge is 0.309 e. The molecule has 0 aliphatic rings. The summed E-state index contributed by atoms with van der Waals surface area (Å²) < 4.78 is 4.71. The van der Waals surface area contributed by atoms with Crippen LogP contribution in [-0.4, -0.2) is 24.1 Å². The van der Waals surface area contributed by atoms with E-state index in [0.29, 0.717) is 23.0 Å². The molecule has 6 heteroatoms. The van der Waals surface area contributed by atoms with Crippen molar-refractivity contribution in [3.8, 4) is 85.0 Å². The van der Waals surface area contributed by atoms with E-state index in [2.05, 4.69) is 187 Å². The zero-order valence-corrected chi connectivity index (χ0v) is 39.6. The van der Waals surface area contributed by atoms with E-state index >= 15 is 0 Å². The number of rotatable bonds is 8. The number of aromatic nitrogens is 5. The molecule has 0 amide bonds. The molecule has 0 unspecified atom stereocenters. The fourth-order valence-electron chi connectivity index (χ4n) is 10.6. The second-order valence-electron chi connectivity index (χ2n) is 18.4. The minimum absolute atomic E-state index is 0.521. The van der Waals surface area contributed by atoms with Gasteiger partial charge in [-0.05, 0) is 126 Å². The van der Waals surface area contributed by atoms with E-state index in [1.165, 1.54) is 27.8 Å². The van der Waals surface area contributed by atoms with Crippen LogP contribution in [0.5, 0.6) is 0 Å². The Morgan fingerprint density at radius 2 is 0.819 bits per heavy atom. The number of aryl methyl sites for hydroxylation is 2. The lowest BCUT2D eigenvalue weighted by atomic mass is 9.94. The molecular weight excluding hydrogens is 877 g/mol. The first kappa shape index (κ1) is 42.4. The topological polar surface area (TPSA) is 72.3 Å². The zero-order valence-electron chi connectivity index (χ0n) is 39.6. The highest BCUT2D eigenvalue weighted by molar-refractivity contribution is 6.12. The van der Waals surface area contributed by atoms with Gasteiger partial charge in [0.2, 0.25) is 0 Å². The monoisotopic (exact) mass is 920 g/mol. The molecule has 0 saturated carbocycles. The van der Waals surface area contributed by atoms with E-state index in [4.69, 9.17) is 15.0 Å². The molecule has 0 aliphatic carbocycles. The van der Waals surface area contributed by atoms with E-state index in [1.54, 1.807) is 0 Å². The molecule has 10 aromatic carbocycles. The van der Waals surface area contributed by atoms with Gasteiger partial charge in [-0.3, -0.25) is 0 Å². The van der Waals surface area contributed by atoms with Crippen LogP contribution in [0, 0.1) is 25.2 Å². The Morgan fingerprint density at radius 3 is 1.39 bits per heavy atom. The molecule has 13 aromatic rings. The summed E-state index contributed by atoms with van der Waals surface area (Å²) in [6.45, 7) is 4.33. The third kappa shape index (κ3) is 7.14.